The molecule has 1 aliphatic heterocycles. The number of methoxy groups -OCH3 is 2. The van der Waals surface area contributed by atoms with E-state index in [2.05, 4.69) is 13.8 Å². The monoisotopic (exact) mass is 437 g/mol. The fourth-order valence-electron chi connectivity index (χ4n) is 4.06. The highest BCUT2D eigenvalue weighted by molar-refractivity contribution is 6.46. The van der Waals surface area contributed by atoms with Crippen LogP contribution in [0.25, 0.3) is 5.76 Å². The molecule has 1 atom stereocenters. The number of hydrogen-bond acceptors (Lipinski definition) is 5. The summed E-state index contributed by atoms with van der Waals surface area (Å²) in [7, 11) is 3.03. The van der Waals surface area contributed by atoms with Crippen LogP contribution < -0.4 is 9.47 Å². The summed E-state index contributed by atoms with van der Waals surface area (Å²) < 4.78 is 10.6. The third-order valence-electron chi connectivity index (χ3n) is 5.90. The highest BCUT2D eigenvalue weighted by atomic mass is 16.5. The van der Waals surface area contributed by atoms with Gasteiger partial charge in [-0.3, -0.25) is 9.59 Å². The van der Waals surface area contributed by atoms with Crippen molar-refractivity contribution in [1.82, 2.24) is 4.90 Å². The number of Topliss-reactive ketones (excluding diaryl/α,β-unsaturated/α-hetero) is 1. The van der Waals surface area contributed by atoms with Gasteiger partial charge in [0.2, 0.25) is 0 Å². The quantitative estimate of drug-likeness (QED) is 0.262. The van der Waals surface area contributed by atoms with Gasteiger partial charge in [-0.05, 0) is 42.2 Å². The SMILES string of the molecule is CCCCCN1C(=O)C(=O)/C(=C(\O)c2ccc(OC)c(OC)c2)C1c1ccc(CC)cc1. The van der Waals surface area contributed by atoms with Crippen LogP contribution in [0.2, 0.25) is 0 Å². The standard InChI is InChI=1S/C26H31NO5/c1-5-7-8-15-27-23(18-11-9-17(6-2)10-12-18)22(25(29)26(27)30)24(28)19-13-14-20(31-3)21(16-19)32-4/h9-14,16,23,28H,5-8,15H2,1-4H3/b24-22-. The molecule has 1 amide bonds. The van der Waals surface area contributed by atoms with Gasteiger partial charge in [0.25, 0.3) is 11.7 Å². The van der Waals surface area contributed by atoms with E-state index in [-0.39, 0.29) is 11.3 Å². The molecule has 0 aliphatic carbocycles. The maximum absolute atomic E-state index is 13.1. The van der Waals surface area contributed by atoms with Gasteiger partial charge in [-0.1, -0.05) is 51.0 Å². The number of aliphatic hydroxyl groups excluding tert-OH is 1. The van der Waals surface area contributed by atoms with E-state index in [9.17, 15) is 14.7 Å². The molecule has 1 heterocycles. The predicted molar refractivity (Wildman–Crippen MR) is 124 cm³/mol. The third kappa shape index (κ3) is 4.49. The average molecular weight is 438 g/mol. The number of benzene rings is 2. The van der Waals surface area contributed by atoms with Crippen LogP contribution in [0, 0.1) is 0 Å². The minimum Gasteiger partial charge on any atom is -0.507 e. The van der Waals surface area contributed by atoms with E-state index in [1.165, 1.54) is 14.2 Å². The lowest BCUT2D eigenvalue weighted by Crippen LogP contribution is -2.30. The van der Waals surface area contributed by atoms with E-state index in [1.54, 1.807) is 23.1 Å². The van der Waals surface area contributed by atoms with E-state index in [1.807, 2.05) is 24.3 Å². The molecule has 0 bridgehead atoms. The molecule has 3 rings (SSSR count). The van der Waals surface area contributed by atoms with Gasteiger partial charge in [0.15, 0.2) is 11.5 Å². The Balaban J connectivity index is 2.13. The van der Waals surface area contributed by atoms with E-state index in [0.717, 1.165) is 36.8 Å². The number of carbonyl (C=O) groups is 2. The molecule has 0 radical (unpaired) electrons. The number of unbranched alkanes of at least 4 members (excludes halogenated alkanes) is 2. The number of amides is 1. The van der Waals surface area contributed by atoms with Gasteiger partial charge in [-0.25, -0.2) is 0 Å². The zero-order valence-electron chi connectivity index (χ0n) is 19.2. The number of ether oxygens (including phenoxy) is 2. The maximum atomic E-state index is 13.1. The van der Waals surface area contributed by atoms with Crippen molar-refractivity contribution >= 4 is 17.4 Å². The first-order valence-electron chi connectivity index (χ1n) is 11.1. The highest BCUT2D eigenvalue weighted by Gasteiger charge is 2.45. The molecule has 32 heavy (non-hydrogen) atoms. The molecule has 1 N–H and O–H groups in total. The number of nitrogens with zero attached hydrogens (tertiary/aromatic N) is 1. The summed E-state index contributed by atoms with van der Waals surface area (Å²) in [5, 5.41) is 11.2. The Hall–Kier alpha value is -3.28. The fraction of sp³-hybridized carbons (Fsp3) is 0.385. The lowest BCUT2D eigenvalue weighted by Gasteiger charge is -2.25. The number of rotatable bonds is 9. The molecule has 2 aromatic carbocycles. The van der Waals surface area contributed by atoms with Crippen molar-refractivity contribution in [3.63, 3.8) is 0 Å². The lowest BCUT2D eigenvalue weighted by molar-refractivity contribution is -0.139. The average Bonchev–Trinajstić information content (AvgIpc) is 3.08. The molecular weight excluding hydrogens is 406 g/mol. The van der Waals surface area contributed by atoms with Crippen molar-refractivity contribution in [3.8, 4) is 11.5 Å². The van der Waals surface area contributed by atoms with Gasteiger partial charge >= 0.3 is 0 Å². The molecule has 0 aromatic heterocycles. The lowest BCUT2D eigenvalue weighted by atomic mass is 9.94. The van der Waals surface area contributed by atoms with Crippen molar-refractivity contribution in [3.05, 3.63) is 64.7 Å². The first-order valence-corrected chi connectivity index (χ1v) is 11.1. The van der Waals surface area contributed by atoms with Crippen LogP contribution in [0.15, 0.2) is 48.0 Å². The summed E-state index contributed by atoms with van der Waals surface area (Å²) in [5.41, 5.74) is 2.46. The normalized spacial score (nSPS) is 17.6. The zero-order chi connectivity index (χ0) is 23.3. The minimum atomic E-state index is -0.668. The Labute approximate surface area is 189 Å². The van der Waals surface area contributed by atoms with E-state index in [4.69, 9.17) is 9.47 Å². The summed E-state index contributed by atoms with van der Waals surface area (Å²) in [5.74, 6) is -0.522. The van der Waals surface area contributed by atoms with Gasteiger partial charge in [-0.15, -0.1) is 0 Å². The Morgan fingerprint density at radius 1 is 0.969 bits per heavy atom. The fourth-order valence-corrected chi connectivity index (χ4v) is 4.06. The first-order chi connectivity index (χ1) is 15.5. The number of ketones is 1. The topological polar surface area (TPSA) is 76.1 Å². The van der Waals surface area contributed by atoms with Gasteiger partial charge in [0.1, 0.15) is 5.76 Å². The van der Waals surface area contributed by atoms with Crippen LogP contribution in [0.5, 0.6) is 11.5 Å². The second-order valence-corrected chi connectivity index (χ2v) is 7.86. The number of aliphatic hydroxyl groups is 1. The third-order valence-corrected chi connectivity index (χ3v) is 5.90. The van der Waals surface area contributed by atoms with E-state index in [0.29, 0.717) is 23.6 Å². The van der Waals surface area contributed by atoms with Gasteiger partial charge in [0, 0.05) is 12.1 Å². The first kappa shape index (κ1) is 23.4. The number of aryl methyl sites for hydroxylation is 1. The van der Waals surface area contributed by atoms with Crippen molar-refractivity contribution in [1.29, 1.82) is 0 Å². The van der Waals surface area contributed by atoms with Crippen molar-refractivity contribution in [2.45, 2.75) is 45.6 Å². The number of hydrogen-bond donors (Lipinski definition) is 1. The van der Waals surface area contributed by atoms with Crippen LogP contribution in [0.4, 0.5) is 0 Å². The van der Waals surface area contributed by atoms with Crippen LogP contribution in [0.3, 0.4) is 0 Å². The second-order valence-electron chi connectivity index (χ2n) is 7.86. The predicted octanol–water partition coefficient (Wildman–Crippen LogP) is 4.88. The van der Waals surface area contributed by atoms with Crippen LogP contribution in [-0.4, -0.2) is 42.5 Å². The van der Waals surface area contributed by atoms with Crippen LogP contribution in [-0.2, 0) is 16.0 Å². The molecule has 1 unspecified atom stereocenters. The zero-order valence-corrected chi connectivity index (χ0v) is 19.2. The summed E-state index contributed by atoms with van der Waals surface area (Å²) in [6.07, 6.45) is 3.65. The summed E-state index contributed by atoms with van der Waals surface area (Å²) >= 11 is 0. The molecule has 170 valence electrons. The van der Waals surface area contributed by atoms with Crippen molar-refractivity contribution < 1.29 is 24.2 Å². The van der Waals surface area contributed by atoms with Crippen LogP contribution in [0.1, 0.15) is 55.8 Å². The Morgan fingerprint density at radius 2 is 1.66 bits per heavy atom. The highest BCUT2D eigenvalue weighted by Crippen LogP contribution is 2.40. The molecule has 0 spiro atoms. The van der Waals surface area contributed by atoms with Gasteiger partial charge in [-0.2, -0.15) is 0 Å². The summed E-state index contributed by atoms with van der Waals surface area (Å²) in [6, 6.07) is 12.2. The van der Waals surface area contributed by atoms with Crippen LogP contribution >= 0.6 is 0 Å². The van der Waals surface area contributed by atoms with E-state index < -0.39 is 17.7 Å². The Kier molecular flexibility index (Phi) is 7.57. The molecule has 1 saturated heterocycles. The van der Waals surface area contributed by atoms with Gasteiger partial charge in [0.05, 0.1) is 25.8 Å². The minimum absolute atomic E-state index is 0.1000. The summed E-state index contributed by atoms with van der Waals surface area (Å²) in [4.78, 5) is 27.6. The smallest absolute Gasteiger partial charge is 0.295 e. The Morgan fingerprint density at radius 3 is 2.25 bits per heavy atom. The molecular formula is C26H31NO5. The second kappa shape index (κ2) is 10.4. The molecule has 1 aliphatic rings. The number of carbonyl (C=O) groups excluding carboxylic acids is 2. The number of likely N-dealkylation sites (tertiary alicyclic amines) is 1. The van der Waals surface area contributed by atoms with E-state index >= 15 is 0 Å². The molecule has 1 fully saturated rings. The molecule has 2 aromatic rings. The molecule has 0 saturated carbocycles. The van der Waals surface area contributed by atoms with Gasteiger partial charge < -0.3 is 19.5 Å². The van der Waals surface area contributed by atoms with Crippen molar-refractivity contribution in [2.24, 2.45) is 0 Å². The molecule has 6 heteroatoms. The Bertz CT molecular complexity index is 1010. The summed E-state index contributed by atoms with van der Waals surface area (Å²) in [6.45, 7) is 4.62. The van der Waals surface area contributed by atoms with Crippen molar-refractivity contribution in [2.75, 3.05) is 20.8 Å². The largest absolute Gasteiger partial charge is 0.507 e. The molecule has 6 nitrogen and oxygen atoms in total. The maximum Gasteiger partial charge on any atom is 0.295 e.